The highest BCUT2D eigenvalue weighted by Crippen LogP contribution is 2.11. The van der Waals surface area contributed by atoms with Crippen molar-refractivity contribution < 1.29 is 19.4 Å². The maximum atomic E-state index is 12.5. The van der Waals surface area contributed by atoms with Crippen LogP contribution in [-0.4, -0.2) is 41.1 Å². The summed E-state index contributed by atoms with van der Waals surface area (Å²) in [6.45, 7) is 0.158. The number of ether oxygens (including phenoxy) is 1. The minimum absolute atomic E-state index is 0.153. The molecule has 28 heavy (non-hydrogen) atoms. The Morgan fingerprint density at radius 1 is 1.11 bits per heavy atom. The van der Waals surface area contributed by atoms with Crippen molar-refractivity contribution in [2.75, 3.05) is 12.0 Å². The summed E-state index contributed by atoms with van der Waals surface area (Å²) >= 11 is 1.59. The third-order valence-corrected chi connectivity index (χ3v) is 4.81. The molecule has 0 spiro atoms. The van der Waals surface area contributed by atoms with E-state index >= 15 is 0 Å². The van der Waals surface area contributed by atoms with Gasteiger partial charge in [-0.25, -0.2) is 4.79 Å². The molecule has 0 fully saturated rings. The summed E-state index contributed by atoms with van der Waals surface area (Å²) in [6, 6.07) is 14.3. The lowest BCUT2D eigenvalue weighted by atomic mass is 10.1. The Bertz CT molecular complexity index is 753. The summed E-state index contributed by atoms with van der Waals surface area (Å²) in [5.41, 5.74) is 7.71. The maximum Gasteiger partial charge on any atom is 0.329 e. The van der Waals surface area contributed by atoms with Gasteiger partial charge in [0.15, 0.2) is 0 Å². The third kappa shape index (κ3) is 7.25. The number of nitrogens with one attached hydrogen (secondary N) is 1. The van der Waals surface area contributed by atoms with Gasteiger partial charge in [0.1, 0.15) is 18.4 Å². The number of phenolic OH excluding ortho intramolecular Hbond substituents is 1. The lowest BCUT2D eigenvalue weighted by Gasteiger charge is -2.20. The number of hydrogen-bond acceptors (Lipinski definition) is 6. The van der Waals surface area contributed by atoms with E-state index in [4.69, 9.17) is 10.5 Å². The SMILES string of the molecule is CSCC[C@H](NC(=O)[C@@H](N)Cc1ccc(O)cc1)C(=O)OCc1ccccc1. The standard InChI is InChI=1S/C21H26N2O4S/c1-28-12-11-19(21(26)27-14-16-5-3-2-4-6-16)23-20(25)18(22)13-15-7-9-17(24)10-8-15/h2-10,18-19,24H,11-14,22H2,1H3,(H,23,25)/t18-,19-/m0/s1. The third-order valence-electron chi connectivity index (χ3n) is 4.16. The Morgan fingerprint density at radius 2 is 1.79 bits per heavy atom. The van der Waals surface area contributed by atoms with Crippen LogP contribution in [0.3, 0.4) is 0 Å². The van der Waals surface area contributed by atoms with Crippen molar-refractivity contribution in [3.63, 3.8) is 0 Å². The van der Waals surface area contributed by atoms with Gasteiger partial charge < -0.3 is 20.9 Å². The molecule has 2 rings (SSSR count). The van der Waals surface area contributed by atoms with Gasteiger partial charge in [-0.15, -0.1) is 0 Å². The van der Waals surface area contributed by atoms with Crippen LogP contribution in [0.15, 0.2) is 54.6 Å². The van der Waals surface area contributed by atoms with E-state index in [1.807, 2.05) is 36.6 Å². The molecule has 0 aromatic heterocycles. The number of esters is 1. The zero-order valence-electron chi connectivity index (χ0n) is 15.8. The van der Waals surface area contributed by atoms with Crippen LogP contribution < -0.4 is 11.1 Å². The van der Waals surface area contributed by atoms with E-state index < -0.39 is 24.0 Å². The summed E-state index contributed by atoms with van der Waals surface area (Å²) in [5, 5.41) is 12.0. The summed E-state index contributed by atoms with van der Waals surface area (Å²) in [6.07, 6.45) is 2.71. The molecule has 150 valence electrons. The molecule has 0 radical (unpaired) electrons. The van der Waals surface area contributed by atoms with E-state index in [1.54, 1.807) is 36.0 Å². The highest BCUT2D eigenvalue weighted by Gasteiger charge is 2.25. The number of hydrogen-bond donors (Lipinski definition) is 3. The van der Waals surface area contributed by atoms with Crippen molar-refractivity contribution in [1.29, 1.82) is 0 Å². The normalized spacial score (nSPS) is 12.8. The van der Waals surface area contributed by atoms with Crippen LogP contribution in [0.4, 0.5) is 0 Å². The van der Waals surface area contributed by atoms with Crippen molar-refractivity contribution in [2.24, 2.45) is 5.73 Å². The number of benzene rings is 2. The number of aromatic hydroxyl groups is 1. The van der Waals surface area contributed by atoms with Crippen LogP contribution in [-0.2, 0) is 27.4 Å². The highest BCUT2D eigenvalue weighted by molar-refractivity contribution is 7.98. The van der Waals surface area contributed by atoms with Gasteiger partial charge in [-0.1, -0.05) is 42.5 Å². The first-order valence-corrected chi connectivity index (χ1v) is 10.4. The van der Waals surface area contributed by atoms with Gasteiger partial charge in [-0.2, -0.15) is 11.8 Å². The molecule has 0 bridgehead atoms. The molecule has 7 heteroatoms. The molecule has 2 aromatic rings. The number of amides is 1. The lowest BCUT2D eigenvalue weighted by molar-refractivity contribution is -0.149. The molecule has 2 atom stereocenters. The Morgan fingerprint density at radius 3 is 2.43 bits per heavy atom. The van der Waals surface area contributed by atoms with E-state index in [1.165, 1.54) is 0 Å². The summed E-state index contributed by atoms with van der Waals surface area (Å²) < 4.78 is 5.37. The monoisotopic (exact) mass is 402 g/mol. The van der Waals surface area contributed by atoms with E-state index in [-0.39, 0.29) is 12.4 Å². The van der Waals surface area contributed by atoms with Gasteiger partial charge in [0, 0.05) is 0 Å². The predicted octanol–water partition coefficient (Wildman–Crippen LogP) is 2.24. The van der Waals surface area contributed by atoms with Crippen molar-refractivity contribution in [2.45, 2.75) is 31.5 Å². The van der Waals surface area contributed by atoms with E-state index in [0.29, 0.717) is 18.6 Å². The van der Waals surface area contributed by atoms with Crippen LogP contribution >= 0.6 is 11.8 Å². The molecule has 6 nitrogen and oxygen atoms in total. The van der Waals surface area contributed by atoms with E-state index in [0.717, 1.165) is 11.1 Å². The van der Waals surface area contributed by atoms with Crippen molar-refractivity contribution in [1.82, 2.24) is 5.32 Å². The van der Waals surface area contributed by atoms with Gasteiger partial charge in [0.05, 0.1) is 6.04 Å². The Hall–Kier alpha value is -2.51. The maximum absolute atomic E-state index is 12.5. The van der Waals surface area contributed by atoms with Crippen LogP contribution in [0.2, 0.25) is 0 Å². The molecule has 0 aliphatic carbocycles. The molecular formula is C21H26N2O4S. The number of thioether (sulfide) groups is 1. The molecule has 0 saturated carbocycles. The number of nitrogens with two attached hydrogens (primary N) is 1. The van der Waals surface area contributed by atoms with Crippen LogP contribution in [0, 0.1) is 0 Å². The fraction of sp³-hybridized carbons (Fsp3) is 0.333. The smallest absolute Gasteiger partial charge is 0.329 e. The second-order valence-corrected chi connectivity index (χ2v) is 7.40. The zero-order valence-corrected chi connectivity index (χ0v) is 16.7. The summed E-state index contributed by atoms with van der Waals surface area (Å²) in [5.74, 6) is -0.0162. The quantitative estimate of drug-likeness (QED) is 0.527. The molecule has 4 N–H and O–H groups in total. The molecule has 0 unspecified atom stereocenters. The van der Waals surface area contributed by atoms with Crippen LogP contribution in [0.1, 0.15) is 17.5 Å². The fourth-order valence-electron chi connectivity index (χ4n) is 2.57. The average molecular weight is 403 g/mol. The Kier molecular flexibility index (Phi) is 8.84. The van der Waals surface area contributed by atoms with Gasteiger partial charge in [-0.05, 0) is 48.1 Å². The van der Waals surface area contributed by atoms with Crippen molar-refractivity contribution in [3.05, 3.63) is 65.7 Å². The van der Waals surface area contributed by atoms with Crippen LogP contribution in [0.25, 0.3) is 0 Å². The minimum atomic E-state index is -0.803. The zero-order chi connectivity index (χ0) is 20.4. The van der Waals surface area contributed by atoms with Gasteiger partial charge in [0.25, 0.3) is 0 Å². The first-order valence-electron chi connectivity index (χ1n) is 9.03. The van der Waals surface area contributed by atoms with Gasteiger partial charge in [-0.3, -0.25) is 4.79 Å². The van der Waals surface area contributed by atoms with Gasteiger partial charge in [0.2, 0.25) is 5.91 Å². The Labute approximate surface area is 169 Å². The summed E-state index contributed by atoms with van der Waals surface area (Å²) in [7, 11) is 0. The topological polar surface area (TPSA) is 102 Å². The van der Waals surface area contributed by atoms with E-state index in [2.05, 4.69) is 5.32 Å². The van der Waals surface area contributed by atoms with Crippen molar-refractivity contribution in [3.8, 4) is 5.75 Å². The second kappa shape index (κ2) is 11.4. The Balaban J connectivity index is 1.92. The number of rotatable bonds is 10. The first-order chi connectivity index (χ1) is 13.5. The van der Waals surface area contributed by atoms with Crippen molar-refractivity contribution >= 4 is 23.6 Å². The van der Waals surface area contributed by atoms with Gasteiger partial charge >= 0.3 is 5.97 Å². The molecular weight excluding hydrogens is 376 g/mol. The highest BCUT2D eigenvalue weighted by atomic mass is 32.2. The molecule has 0 saturated heterocycles. The number of carbonyl (C=O) groups is 2. The predicted molar refractivity (Wildman–Crippen MR) is 111 cm³/mol. The minimum Gasteiger partial charge on any atom is -0.508 e. The lowest BCUT2D eigenvalue weighted by Crippen LogP contribution is -2.49. The van der Waals surface area contributed by atoms with E-state index in [9.17, 15) is 14.7 Å². The first kappa shape index (κ1) is 21.8. The molecule has 0 aliphatic heterocycles. The van der Waals surface area contributed by atoms with Crippen LogP contribution in [0.5, 0.6) is 5.75 Å². The molecule has 0 heterocycles. The number of phenols is 1. The molecule has 1 amide bonds. The second-order valence-electron chi connectivity index (χ2n) is 6.41. The molecule has 0 aliphatic rings. The number of carbonyl (C=O) groups excluding carboxylic acids is 2. The fourth-order valence-corrected chi connectivity index (χ4v) is 3.04. The summed E-state index contributed by atoms with van der Waals surface area (Å²) in [4.78, 5) is 24.9. The molecule has 2 aromatic carbocycles. The largest absolute Gasteiger partial charge is 0.508 e. The average Bonchev–Trinajstić information content (AvgIpc) is 2.71.